The van der Waals surface area contributed by atoms with Crippen molar-refractivity contribution in [3.63, 3.8) is 0 Å². The van der Waals surface area contributed by atoms with E-state index in [2.05, 4.69) is 39.9 Å². The lowest BCUT2D eigenvalue weighted by atomic mass is 10.0. The van der Waals surface area contributed by atoms with E-state index < -0.39 is 0 Å². The Labute approximate surface area is 98.9 Å². The van der Waals surface area contributed by atoms with Gasteiger partial charge in [0.1, 0.15) is 0 Å². The summed E-state index contributed by atoms with van der Waals surface area (Å²) >= 11 is 0. The maximum atomic E-state index is 11.9. The lowest BCUT2D eigenvalue weighted by Crippen LogP contribution is -2.30. The van der Waals surface area contributed by atoms with Gasteiger partial charge in [-0.1, -0.05) is 34.6 Å². The topological polar surface area (TPSA) is 38.3 Å². The summed E-state index contributed by atoms with van der Waals surface area (Å²) in [4.78, 5) is 11.9. The van der Waals surface area contributed by atoms with Gasteiger partial charge in [-0.3, -0.25) is 4.79 Å². The largest absolute Gasteiger partial charge is 0.380 e. The van der Waals surface area contributed by atoms with Gasteiger partial charge >= 0.3 is 0 Å². The Morgan fingerprint density at radius 1 is 1.19 bits per heavy atom. The summed E-state index contributed by atoms with van der Waals surface area (Å²) in [6.07, 6.45) is 1.02. The molecule has 0 bridgehead atoms. The zero-order valence-corrected chi connectivity index (χ0v) is 11.2. The van der Waals surface area contributed by atoms with Crippen LogP contribution in [0.3, 0.4) is 0 Å². The van der Waals surface area contributed by atoms with Crippen LogP contribution >= 0.6 is 0 Å². The van der Waals surface area contributed by atoms with Crippen molar-refractivity contribution in [2.75, 3.05) is 19.8 Å². The minimum Gasteiger partial charge on any atom is -0.380 e. The third-order valence-electron chi connectivity index (χ3n) is 4.18. The smallest absolute Gasteiger partial charge is 0.224 e. The van der Waals surface area contributed by atoms with Crippen LogP contribution in [0.2, 0.25) is 0 Å². The lowest BCUT2D eigenvalue weighted by Gasteiger charge is -2.06. The first-order valence-electron chi connectivity index (χ1n) is 6.21. The first-order valence-corrected chi connectivity index (χ1v) is 6.21. The van der Waals surface area contributed by atoms with Crippen molar-refractivity contribution in [3.05, 3.63) is 0 Å². The molecule has 1 amide bonds. The summed E-state index contributed by atoms with van der Waals surface area (Å²) < 4.78 is 5.32. The van der Waals surface area contributed by atoms with E-state index in [-0.39, 0.29) is 22.7 Å². The first-order chi connectivity index (χ1) is 7.35. The van der Waals surface area contributed by atoms with Gasteiger partial charge in [0.05, 0.1) is 6.61 Å². The van der Waals surface area contributed by atoms with Gasteiger partial charge in [0.2, 0.25) is 5.91 Å². The van der Waals surface area contributed by atoms with E-state index in [9.17, 15) is 4.79 Å². The molecule has 0 aromatic carbocycles. The number of carbonyl (C=O) groups is 1. The molecule has 1 aliphatic carbocycles. The molecule has 1 saturated carbocycles. The molecule has 94 valence electrons. The molecule has 0 aromatic heterocycles. The fourth-order valence-corrected chi connectivity index (χ4v) is 2.45. The van der Waals surface area contributed by atoms with Crippen LogP contribution in [-0.4, -0.2) is 25.7 Å². The number of ether oxygens (including phenoxy) is 1. The molecule has 1 aliphatic rings. The molecule has 3 nitrogen and oxygen atoms in total. The molecule has 1 rings (SSSR count). The fraction of sp³-hybridized carbons (Fsp3) is 0.923. The van der Waals surface area contributed by atoms with E-state index in [1.807, 2.05) is 0 Å². The Balaban J connectivity index is 2.23. The average Bonchev–Trinajstić information content (AvgIpc) is 2.57. The molecular weight excluding hydrogens is 202 g/mol. The average molecular weight is 227 g/mol. The molecule has 0 heterocycles. The minimum absolute atomic E-state index is 0.126. The molecule has 0 aromatic rings. The van der Waals surface area contributed by atoms with Gasteiger partial charge in [0.25, 0.3) is 0 Å². The summed E-state index contributed by atoms with van der Waals surface area (Å²) in [5, 5.41) is 2.95. The Kier molecular flexibility index (Phi) is 4.00. The summed E-state index contributed by atoms with van der Waals surface area (Å²) in [7, 11) is 0. The monoisotopic (exact) mass is 227 g/mol. The van der Waals surface area contributed by atoms with Gasteiger partial charge in [-0.2, -0.15) is 0 Å². The third-order valence-corrected chi connectivity index (χ3v) is 4.18. The molecule has 0 aliphatic heterocycles. The number of rotatable bonds is 6. The maximum Gasteiger partial charge on any atom is 0.224 e. The Hall–Kier alpha value is -0.570. The van der Waals surface area contributed by atoms with Gasteiger partial charge in [-0.15, -0.1) is 0 Å². The summed E-state index contributed by atoms with van der Waals surface area (Å²) in [6, 6.07) is 0. The number of amides is 1. The van der Waals surface area contributed by atoms with Crippen LogP contribution in [0.25, 0.3) is 0 Å². The molecule has 0 spiro atoms. The molecule has 0 radical (unpaired) electrons. The molecule has 16 heavy (non-hydrogen) atoms. The van der Waals surface area contributed by atoms with E-state index in [4.69, 9.17) is 4.74 Å². The van der Waals surface area contributed by atoms with Crippen LogP contribution in [0.1, 0.15) is 41.0 Å². The van der Waals surface area contributed by atoms with Gasteiger partial charge in [-0.25, -0.2) is 0 Å². The second-order valence-corrected chi connectivity index (χ2v) is 5.78. The predicted octanol–water partition coefficient (Wildman–Crippen LogP) is 2.21. The van der Waals surface area contributed by atoms with Crippen molar-refractivity contribution >= 4 is 5.91 Å². The van der Waals surface area contributed by atoms with E-state index in [1.54, 1.807) is 0 Å². The lowest BCUT2D eigenvalue weighted by molar-refractivity contribution is -0.123. The van der Waals surface area contributed by atoms with E-state index in [1.165, 1.54) is 0 Å². The molecule has 3 heteroatoms. The second-order valence-electron chi connectivity index (χ2n) is 5.78. The highest BCUT2D eigenvalue weighted by Crippen LogP contribution is 2.68. The van der Waals surface area contributed by atoms with E-state index >= 15 is 0 Å². The number of hydrogen-bond donors (Lipinski definition) is 1. The summed E-state index contributed by atoms with van der Waals surface area (Å²) in [5.74, 6) is 0.321. The Bertz CT molecular complexity index is 245. The number of nitrogens with one attached hydrogen (secondary N) is 1. The van der Waals surface area contributed by atoms with Crippen LogP contribution in [0.4, 0.5) is 0 Å². The molecule has 1 N–H and O–H groups in total. The van der Waals surface area contributed by atoms with Gasteiger partial charge < -0.3 is 10.1 Å². The van der Waals surface area contributed by atoms with Gasteiger partial charge in [0.15, 0.2) is 0 Å². The zero-order valence-electron chi connectivity index (χ0n) is 11.2. The predicted molar refractivity (Wildman–Crippen MR) is 65.2 cm³/mol. The van der Waals surface area contributed by atoms with Crippen molar-refractivity contribution < 1.29 is 9.53 Å². The second kappa shape index (κ2) is 4.74. The summed E-state index contributed by atoms with van der Waals surface area (Å²) in [5.41, 5.74) is 0.253. The molecule has 0 unspecified atom stereocenters. The highest BCUT2D eigenvalue weighted by molar-refractivity contribution is 5.84. The van der Waals surface area contributed by atoms with Crippen LogP contribution in [0.5, 0.6) is 0 Å². The van der Waals surface area contributed by atoms with Gasteiger partial charge in [-0.05, 0) is 17.3 Å². The zero-order chi connectivity index (χ0) is 12.4. The third kappa shape index (κ3) is 2.40. The number of carbonyl (C=O) groups excluding carboxylic acids is 1. The minimum atomic E-state index is 0.126. The van der Waals surface area contributed by atoms with Crippen molar-refractivity contribution in [2.24, 2.45) is 16.7 Å². The highest BCUT2D eigenvalue weighted by atomic mass is 16.5. The highest BCUT2D eigenvalue weighted by Gasteiger charge is 2.68. The van der Waals surface area contributed by atoms with Crippen LogP contribution in [-0.2, 0) is 9.53 Å². The first kappa shape index (κ1) is 13.5. The maximum absolute atomic E-state index is 11.9. The summed E-state index contributed by atoms with van der Waals surface area (Å²) in [6.45, 7) is 12.7. The van der Waals surface area contributed by atoms with Crippen molar-refractivity contribution in [1.82, 2.24) is 5.32 Å². The Morgan fingerprint density at radius 3 is 2.19 bits per heavy atom. The van der Waals surface area contributed by atoms with Crippen LogP contribution in [0, 0.1) is 16.7 Å². The number of hydrogen-bond acceptors (Lipinski definition) is 2. The molecule has 1 fully saturated rings. The van der Waals surface area contributed by atoms with Gasteiger partial charge in [0, 0.05) is 19.1 Å². The van der Waals surface area contributed by atoms with Crippen LogP contribution < -0.4 is 5.32 Å². The fourth-order valence-electron chi connectivity index (χ4n) is 2.45. The Morgan fingerprint density at radius 2 is 1.75 bits per heavy atom. The standard InChI is InChI=1S/C13H25NO2/c1-6-8-16-9-7-14-11(15)10-12(2,3)13(10,4)5/h10H,6-9H2,1-5H3,(H,14,15). The van der Waals surface area contributed by atoms with Crippen LogP contribution in [0.15, 0.2) is 0 Å². The van der Waals surface area contributed by atoms with E-state index in [0.717, 1.165) is 13.0 Å². The molecular formula is C13H25NO2. The quantitative estimate of drug-likeness (QED) is 0.707. The van der Waals surface area contributed by atoms with Crippen molar-refractivity contribution in [2.45, 2.75) is 41.0 Å². The van der Waals surface area contributed by atoms with E-state index in [0.29, 0.717) is 13.2 Å². The SMILES string of the molecule is CCCOCCNC(=O)C1C(C)(C)C1(C)C. The van der Waals surface area contributed by atoms with Crippen molar-refractivity contribution in [3.8, 4) is 0 Å². The molecule has 0 atom stereocenters. The molecule has 0 saturated heterocycles. The van der Waals surface area contributed by atoms with Crippen molar-refractivity contribution in [1.29, 1.82) is 0 Å². The normalized spacial score (nSPS) is 21.8.